The number of carbonyl (C=O) groups is 2. The third kappa shape index (κ3) is 2.43. The summed E-state index contributed by atoms with van der Waals surface area (Å²) in [6.45, 7) is 2.70. The molecule has 0 spiro atoms. The van der Waals surface area contributed by atoms with Crippen molar-refractivity contribution in [3.05, 3.63) is 17.0 Å². The first kappa shape index (κ1) is 14.7. The molecule has 1 saturated heterocycles. The molecule has 2 atom stereocenters. The Bertz CT molecular complexity index is 668. The molecular formula is C16H23N5O2. The van der Waals surface area contributed by atoms with Crippen molar-refractivity contribution in [3.8, 4) is 0 Å². The summed E-state index contributed by atoms with van der Waals surface area (Å²) in [5, 5.41) is 4.21. The Labute approximate surface area is 135 Å². The predicted molar refractivity (Wildman–Crippen MR) is 83.5 cm³/mol. The van der Waals surface area contributed by atoms with Gasteiger partial charge in [-0.1, -0.05) is 0 Å². The first-order valence-electron chi connectivity index (χ1n) is 8.39. The second-order valence-corrected chi connectivity index (χ2v) is 7.09. The summed E-state index contributed by atoms with van der Waals surface area (Å²) in [6.07, 6.45) is 4.53. The third-order valence-electron chi connectivity index (χ3n) is 5.69. The molecule has 2 aliphatic heterocycles. The highest BCUT2D eigenvalue weighted by atomic mass is 16.2. The molecule has 1 saturated carbocycles. The van der Waals surface area contributed by atoms with Crippen molar-refractivity contribution in [3.63, 3.8) is 0 Å². The Morgan fingerprint density at radius 1 is 1.35 bits per heavy atom. The number of hydrogen-bond acceptors (Lipinski definition) is 4. The van der Waals surface area contributed by atoms with Gasteiger partial charge in [-0.2, -0.15) is 5.10 Å². The second kappa shape index (κ2) is 5.33. The van der Waals surface area contributed by atoms with Crippen molar-refractivity contribution in [1.82, 2.24) is 19.6 Å². The van der Waals surface area contributed by atoms with Crippen LogP contribution >= 0.6 is 0 Å². The molecule has 23 heavy (non-hydrogen) atoms. The number of aromatic nitrogens is 2. The van der Waals surface area contributed by atoms with Gasteiger partial charge >= 0.3 is 0 Å². The van der Waals surface area contributed by atoms with Crippen LogP contribution in [0.2, 0.25) is 0 Å². The van der Waals surface area contributed by atoms with E-state index in [-0.39, 0.29) is 5.91 Å². The number of aryl methyl sites for hydroxylation is 1. The van der Waals surface area contributed by atoms with E-state index in [9.17, 15) is 9.59 Å². The van der Waals surface area contributed by atoms with E-state index in [2.05, 4.69) is 10.00 Å². The summed E-state index contributed by atoms with van der Waals surface area (Å²) in [4.78, 5) is 28.4. The molecule has 3 heterocycles. The minimum atomic E-state index is -0.520. The molecule has 2 amide bonds. The van der Waals surface area contributed by atoms with Crippen molar-refractivity contribution in [2.75, 3.05) is 19.6 Å². The SMILES string of the molecule is Cn1nc(C(N)=O)c2c1CCN(C(=O)CN1C[C@@H]3CC[C@H]1C3)C2. The molecule has 0 radical (unpaired) electrons. The summed E-state index contributed by atoms with van der Waals surface area (Å²) in [6, 6.07) is 0.601. The fourth-order valence-electron chi connectivity index (χ4n) is 4.50. The lowest BCUT2D eigenvalue weighted by molar-refractivity contribution is -0.133. The maximum atomic E-state index is 12.7. The number of likely N-dealkylation sites (tertiary alicyclic amines) is 1. The molecule has 1 aromatic rings. The number of rotatable bonds is 3. The fourth-order valence-corrected chi connectivity index (χ4v) is 4.50. The summed E-state index contributed by atoms with van der Waals surface area (Å²) in [5.41, 5.74) is 7.56. The number of piperidine rings is 1. The molecule has 3 aliphatic rings. The van der Waals surface area contributed by atoms with Crippen LogP contribution in [0.5, 0.6) is 0 Å². The first-order valence-corrected chi connectivity index (χ1v) is 8.39. The zero-order valence-electron chi connectivity index (χ0n) is 13.5. The zero-order chi connectivity index (χ0) is 16.1. The Hall–Kier alpha value is -1.89. The van der Waals surface area contributed by atoms with Crippen LogP contribution in [0.4, 0.5) is 0 Å². The van der Waals surface area contributed by atoms with E-state index in [1.165, 1.54) is 19.3 Å². The molecule has 4 rings (SSSR count). The van der Waals surface area contributed by atoms with Crippen molar-refractivity contribution < 1.29 is 9.59 Å². The highest BCUT2D eigenvalue weighted by Crippen LogP contribution is 2.37. The Morgan fingerprint density at radius 2 is 2.17 bits per heavy atom. The van der Waals surface area contributed by atoms with Crippen LogP contribution in [0.3, 0.4) is 0 Å². The Balaban J connectivity index is 1.47. The van der Waals surface area contributed by atoms with E-state index >= 15 is 0 Å². The second-order valence-electron chi connectivity index (χ2n) is 7.09. The number of carbonyl (C=O) groups excluding carboxylic acids is 2. The van der Waals surface area contributed by atoms with Gasteiger partial charge in [-0.05, 0) is 25.2 Å². The van der Waals surface area contributed by atoms with Gasteiger partial charge in [0.05, 0.1) is 6.54 Å². The fraction of sp³-hybridized carbons (Fsp3) is 0.688. The molecular weight excluding hydrogens is 294 g/mol. The summed E-state index contributed by atoms with van der Waals surface area (Å²) in [5.74, 6) is 0.427. The van der Waals surface area contributed by atoms with E-state index in [1.54, 1.807) is 4.68 Å². The molecule has 1 aliphatic carbocycles. The maximum absolute atomic E-state index is 12.7. The Kier molecular flexibility index (Phi) is 3.41. The topological polar surface area (TPSA) is 84.5 Å². The number of nitrogens with two attached hydrogens (primary N) is 1. The van der Waals surface area contributed by atoms with E-state index in [0.29, 0.717) is 31.4 Å². The summed E-state index contributed by atoms with van der Waals surface area (Å²) >= 11 is 0. The van der Waals surface area contributed by atoms with Gasteiger partial charge in [0, 0.05) is 50.4 Å². The predicted octanol–water partition coefficient (Wildman–Crippen LogP) is -0.112. The minimum absolute atomic E-state index is 0.155. The van der Waals surface area contributed by atoms with Gasteiger partial charge in [0.25, 0.3) is 5.91 Å². The van der Waals surface area contributed by atoms with E-state index in [0.717, 1.165) is 30.1 Å². The van der Waals surface area contributed by atoms with E-state index < -0.39 is 5.91 Å². The van der Waals surface area contributed by atoms with Crippen LogP contribution in [0.1, 0.15) is 41.0 Å². The lowest BCUT2D eigenvalue weighted by atomic mass is 10.0. The van der Waals surface area contributed by atoms with E-state index in [4.69, 9.17) is 5.73 Å². The first-order chi connectivity index (χ1) is 11.0. The molecule has 2 N–H and O–H groups in total. The number of primary amides is 1. The molecule has 0 unspecified atom stereocenters. The lowest BCUT2D eigenvalue weighted by Crippen LogP contribution is -2.45. The van der Waals surface area contributed by atoms with Gasteiger partial charge in [0.2, 0.25) is 5.91 Å². The summed E-state index contributed by atoms with van der Waals surface area (Å²) < 4.78 is 1.72. The highest BCUT2D eigenvalue weighted by Gasteiger charge is 2.39. The number of nitrogens with zero attached hydrogens (tertiary/aromatic N) is 4. The van der Waals surface area contributed by atoms with Gasteiger partial charge in [0.15, 0.2) is 5.69 Å². The van der Waals surface area contributed by atoms with Crippen LogP contribution in [0, 0.1) is 5.92 Å². The average Bonchev–Trinajstić information content (AvgIpc) is 3.21. The molecule has 7 nitrogen and oxygen atoms in total. The molecule has 1 aromatic heterocycles. The standard InChI is InChI=1S/C16H23N5O2/c1-19-13-4-5-20(8-12(13)15(18-19)16(17)23)14(22)9-21-7-10-2-3-11(21)6-10/h10-11H,2-9H2,1H3,(H2,17,23)/t10-,11+/m1/s1. The maximum Gasteiger partial charge on any atom is 0.269 e. The molecule has 2 fully saturated rings. The normalized spacial score (nSPS) is 26.6. The molecule has 2 bridgehead atoms. The minimum Gasteiger partial charge on any atom is -0.364 e. The smallest absolute Gasteiger partial charge is 0.269 e. The van der Waals surface area contributed by atoms with E-state index in [1.807, 2.05) is 11.9 Å². The highest BCUT2D eigenvalue weighted by molar-refractivity contribution is 5.93. The van der Waals surface area contributed by atoms with Crippen molar-refractivity contribution in [1.29, 1.82) is 0 Å². The van der Waals surface area contributed by atoms with Gasteiger partial charge in [0.1, 0.15) is 0 Å². The van der Waals surface area contributed by atoms with Crippen LogP contribution in [-0.2, 0) is 24.8 Å². The van der Waals surface area contributed by atoms with Crippen molar-refractivity contribution >= 4 is 11.8 Å². The van der Waals surface area contributed by atoms with Gasteiger partial charge < -0.3 is 10.6 Å². The quantitative estimate of drug-likeness (QED) is 0.843. The van der Waals surface area contributed by atoms with Gasteiger partial charge in [-0.25, -0.2) is 0 Å². The number of fused-ring (bicyclic) bond motifs is 3. The molecule has 0 aromatic carbocycles. The lowest BCUT2D eigenvalue weighted by Gasteiger charge is -2.32. The van der Waals surface area contributed by atoms with Crippen molar-refractivity contribution in [2.24, 2.45) is 18.7 Å². The monoisotopic (exact) mass is 317 g/mol. The third-order valence-corrected chi connectivity index (χ3v) is 5.69. The Morgan fingerprint density at radius 3 is 2.83 bits per heavy atom. The largest absolute Gasteiger partial charge is 0.364 e. The zero-order valence-corrected chi connectivity index (χ0v) is 13.5. The van der Waals surface area contributed by atoms with Crippen LogP contribution in [0.15, 0.2) is 0 Å². The number of hydrogen-bond donors (Lipinski definition) is 1. The van der Waals surface area contributed by atoms with Crippen LogP contribution < -0.4 is 5.73 Å². The van der Waals surface area contributed by atoms with Gasteiger partial charge in [-0.3, -0.25) is 19.2 Å². The molecule has 124 valence electrons. The van der Waals surface area contributed by atoms with Crippen LogP contribution in [-0.4, -0.2) is 57.1 Å². The molecule has 7 heteroatoms. The van der Waals surface area contributed by atoms with Gasteiger partial charge in [-0.15, -0.1) is 0 Å². The summed E-state index contributed by atoms with van der Waals surface area (Å²) in [7, 11) is 1.82. The average molecular weight is 317 g/mol. The number of amides is 2. The van der Waals surface area contributed by atoms with Crippen LogP contribution in [0.25, 0.3) is 0 Å². The van der Waals surface area contributed by atoms with Crippen molar-refractivity contribution in [2.45, 2.75) is 38.3 Å².